The van der Waals surface area contributed by atoms with Gasteiger partial charge in [-0.2, -0.15) is 24.7 Å². The van der Waals surface area contributed by atoms with Crippen molar-refractivity contribution >= 4 is 11.9 Å². The molecule has 0 saturated carbocycles. The molecule has 0 bridgehead atoms. The number of aliphatic hydroxyl groups excluding tert-OH is 2. The fraction of sp³-hybridized carbons (Fsp3) is 0.444. The third-order valence-electron chi connectivity index (χ3n) is 2.38. The normalized spacial score (nSPS) is 11.5. The molecule has 0 atom stereocenters. The third kappa shape index (κ3) is 2.92. The highest BCUT2D eigenvalue weighted by atomic mass is 16.3. The second kappa shape index (κ2) is 5.12. The Hall–Kier alpha value is -2.33. The maximum Gasteiger partial charge on any atom is 0.258 e. The maximum absolute atomic E-state index is 9.22. The minimum atomic E-state index is -0.965. The highest BCUT2D eigenvalue weighted by Gasteiger charge is 2.23. The van der Waals surface area contributed by atoms with Crippen LogP contribution in [0.1, 0.15) is 6.92 Å². The number of aromatic nitrogens is 6. The molecule has 2 aromatic rings. The molecule has 102 valence electrons. The zero-order valence-electron chi connectivity index (χ0n) is 10.2. The Morgan fingerprint density at radius 2 is 2.05 bits per heavy atom. The van der Waals surface area contributed by atoms with Gasteiger partial charge < -0.3 is 21.3 Å². The standard InChI is InChI=1S/C9H14N8O2/c1-9(2-18,3-19)16-7-13-6(10)14-8(15-7)17-5-11-4-12-17/h4-5,18-19H,2-3H2,1H3,(H3,10,13,14,15,16). The van der Waals surface area contributed by atoms with E-state index in [1.165, 1.54) is 17.3 Å². The second-order valence-corrected chi connectivity index (χ2v) is 4.16. The minimum Gasteiger partial charge on any atom is -0.394 e. The molecule has 0 aromatic carbocycles. The molecule has 0 aliphatic heterocycles. The first kappa shape index (κ1) is 13.1. The average molecular weight is 266 g/mol. The van der Waals surface area contributed by atoms with Crippen molar-refractivity contribution in [2.24, 2.45) is 0 Å². The predicted octanol–water partition coefficient (Wildman–Crippen LogP) is -1.81. The van der Waals surface area contributed by atoms with Crippen LogP contribution >= 0.6 is 0 Å². The van der Waals surface area contributed by atoms with E-state index in [-0.39, 0.29) is 31.1 Å². The molecule has 0 fully saturated rings. The number of aliphatic hydroxyl groups is 2. The van der Waals surface area contributed by atoms with Gasteiger partial charge in [0.25, 0.3) is 5.95 Å². The van der Waals surface area contributed by atoms with Gasteiger partial charge in [0.15, 0.2) is 0 Å². The van der Waals surface area contributed by atoms with Gasteiger partial charge in [-0.25, -0.2) is 4.98 Å². The number of hydrogen-bond acceptors (Lipinski definition) is 9. The van der Waals surface area contributed by atoms with Gasteiger partial charge in [0.1, 0.15) is 12.7 Å². The molecule has 0 saturated heterocycles. The fourth-order valence-electron chi connectivity index (χ4n) is 1.25. The molecule has 0 spiro atoms. The fourth-order valence-corrected chi connectivity index (χ4v) is 1.25. The summed E-state index contributed by atoms with van der Waals surface area (Å²) in [5, 5.41) is 25.1. The predicted molar refractivity (Wildman–Crippen MR) is 65.4 cm³/mol. The van der Waals surface area contributed by atoms with Gasteiger partial charge in [0, 0.05) is 0 Å². The van der Waals surface area contributed by atoms with Crippen LogP contribution < -0.4 is 11.1 Å². The van der Waals surface area contributed by atoms with E-state index in [4.69, 9.17) is 5.73 Å². The number of anilines is 2. The van der Waals surface area contributed by atoms with E-state index < -0.39 is 5.54 Å². The van der Waals surface area contributed by atoms with E-state index in [9.17, 15) is 10.2 Å². The smallest absolute Gasteiger partial charge is 0.258 e. The van der Waals surface area contributed by atoms with Gasteiger partial charge >= 0.3 is 0 Å². The van der Waals surface area contributed by atoms with Gasteiger partial charge in [-0.1, -0.05) is 0 Å². The van der Waals surface area contributed by atoms with Crippen molar-refractivity contribution in [1.29, 1.82) is 0 Å². The first-order chi connectivity index (χ1) is 9.06. The second-order valence-electron chi connectivity index (χ2n) is 4.16. The van der Waals surface area contributed by atoms with E-state index in [1.54, 1.807) is 6.92 Å². The van der Waals surface area contributed by atoms with E-state index in [0.29, 0.717) is 0 Å². The summed E-state index contributed by atoms with van der Waals surface area (Å²) in [5.74, 6) is 0.301. The molecule has 10 heteroatoms. The number of nitrogens with one attached hydrogen (secondary N) is 1. The summed E-state index contributed by atoms with van der Waals surface area (Å²) in [5.41, 5.74) is 4.61. The van der Waals surface area contributed by atoms with E-state index in [1.807, 2.05) is 0 Å². The van der Waals surface area contributed by atoms with Gasteiger partial charge in [-0.05, 0) is 6.92 Å². The molecule has 2 aromatic heterocycles. The molecule has 0 aliphatic carbocycles. The molecule has 19 heavy (non-hydrogen) atoms. The van der Waals surface area contributed by atoms with Crippen LogP contribution in [0.4, 0.5) is 11.9 Å². The summed E-state index contributed by atoms with van der Waals surface area (Å²) in [6, 6.07) is 0. The molecule has 5 N–H and O–H groups in total. The van der Waals surface area contributed by atoms with Crippen LogP contribution in [0.25, 0.3) is 5.95 Å². The molecule has 0 unspecified atom stereocenters. The zero-order valence-corrected chi connectivity index (χ0v) is 10.2. The summed E-state index contributed by atoms with van der Waals surface area (Å²) in [6.45, 7) is 1.02. The van der Waals surface area contributed by atoms with Crippen molar-refractivity contribution in [2.75, 3.05) is 24.3 Å². The molecule has 2 heterocycles. The van der Waals surface area contributed by atoms with Crippen molar-refractivity contribution in [3.8, 4) is 5.95 Å². The highest BCUT2D eigenvalue weighted by molar-refractivity contribution is 5.37. The number of rotatable bonds is 5. The molecular formula is C9H14N8O2. The molecule has 0 radical (unpaired) electrons. The van der Waals surface area contributed by atoms with Gasteiger partial charge in [0.2, 0.25) is 11.9 Å². The molecule has 2 rings (SSSR count). The van der Waals surface area contributed by atoms with Crippen LogP contribution in [0.2, 0.25) is 0 Å². The number of nitrogen functional groups attached to an aromatic ring is 1. The Kier molecular flexibility index (Phi) is 3.53. The first-order valence-electron chi connectivity index (χ1n) is 5.43. The van der Waals surface area contributed by atoms with Gasteiger partial charge in [-0.3, -0.25) is 0 Å². The summed E-state index contributed by atoms with van der Waals surface area (Å²) in [6.07, 6.45) is 2.74. The van der Waals surface area contributed by atoms with Crippen molar-refractivity contribution in [3.05, 3.63) is 12.7 Å². The van der Waals surface area contributed by atoms with Crippen LogP contribution in [-0.4, -0.2) is 58.7 Å². The van der Waals surface area contributed by atoms with Gasteiger partial charge in [0.05, 0.1) is 18.8 Å². The lowest BCUT2D eigenvalue weighted by Crippen LogP contribution is -2.43. The number of nitrogens with two attached hydrogens (primary N) is 1. The molecular weight excluding hydrogens is 252 g/mol. The van der Waals surface area contributed by atoms with Gasteiger partial charge in [-0.15, -0.1) is 0 Å². The van der Waals surface area contributed by atoms with Crippen LogP contribution in [0.3, 0.4) is 0 Å². The summed E-state index contributed by atoms with van der Waals surface area (Å²) in [4.78, 5) is 15.7. The molecule has 0 aliphatic rings. The SMILES string of the molecule is CC(CO)(CO)Nc1nc(N)nc(-n2cncn2)n1. The molecule has 10 nitrogen and oxygen atoms in total. The van der Waals surface area contributed by atoms with Crippen molar-refractivity contribution in [2.45, 2.75) is 12.5 Å². The lowest BCUT2D eigenvalue weighted by Gasteiger charge is -2.26. The summed E-state index contributed by atoms with van der Waals surface area (Å²) >= 11 is 0. The molecule has 0 amide bonds. The quantitative estimate of drug-likeness (QED) is 0.491. The van der Waals surface area contributed by atoms with Crippen molar-refractivity contribution in [1.82, 2.24) is 29.7 Å². The number of hydrogen-bond donors (Lipinski definition) is 4. The Balaban J connectivity index is 2.32. The lowest BCUT2D eigenvalue weighted by atomic mass is 10.1. The monoisotopic (exact) mass is 266 g/mol. The van der Waals surface area contributed by atoms with Crippen LogP contribution in [0, 0.1) is 0 Å². The van der Waals surface area contributed by atoms with E-state index >= 15 is 0 Å². The minimum absolute atomic E-state index is 0.0128. The Bertz CT molecular complexity index is 539. The summed E-state index contributed by atoms with van der Waals surface area (Å²) in [7, 11) is 0. The lowest BCUT2D eigenvalue weighted by molar-refractivity contribution is 0.147. The van der Waals surface area contributed by atoms with Crippen molar-refractivity contribution in [3.63, 3.8) is 0 Å². The van der Waals surface area contributed by atoms with Crippen molar-refractivity contribution < 1.29 is 10.2 Å². The third-order valence-corrected chi connectivity index (χ3v) is 2.38. The van der Waals surface area contributed by atoms with Crippen LogP contribution in [0.5, 0.6) is 0 Å². The topological polar surface area (TPSA) is 148 Å². The first-order valence-corrected chi connectivity index (χ1v) is 5.43. The van der Waals surface area contributed by atoms with Crippen LogP contribution in [-0.2, 0) is 0 Å². The summed E-state index contributed by atoms with van der Waals surface area (Å²) < 4.78 is 1.32. The van der Waals surface area contributed by atoms with E-state index in [2.05, 4.69) is 30.4 Å². The Morgan fingerprint density at radius 3 is 2.63 bits per heavy atom. The van der Waals surface area contributed by atoms with Crippen LogP contribution in [0.15, 0.2) is 12.7 Å². The zero-order chi connectivity index (χ0) is 13.9. The number of nitrogens with zero attached hydrogens (tertiary/aromatic N) is 6. The van der Waals surface area contributed by atoms with E-state index in [0.717, 1.165) is 0 Å². The largest absolute Gasteiger partial charge is 0.394 e. The Morgan fingerprint density at radius 1 is 1.32 bits per heavy atom. The highest BCUT2D eigenvalue weighted by Crippen LogP contribution is 2.12. The maximum atomic E-state index is 9.22. The average Bonchev–Trinajstić information content (AvgIpc) is 2.92. The Labute approximate surface area is 108 Å².